The van der Waals surface area contributed by atoms with Gasteiger partial charge in [0.05, 0.1) is 12.2 Å². The largest absolute Gasteiger partial charge is 0.336 e. The molecule has 2 N–H and O–H groups in total. The van der Waals surface area contributed by atoms with Gasteiger partial charge in [0.2, 0.25) is 0 Å². The van der Waals surface area contributed by atoms with Crippen LogP contribution in [-0.2, 0) is 13.5 Å². The van der Waals surface area contributed by atoms with Crippen molar-refractivity contribution in [1.82, 2.24) is 20.4 Å². The van der Waals surface area contributed by atoms with Crippen molar-refractivity contribution in [1.29, 1.82) is 0 Å². The van der Waals surface area contributed by atoms with Crippen molar-refractivity contribution in [2.75, 3.05) is 0 Å². The first-order valence-electron chi connectivity index (χ1n) is 6.69. The number of nitrogens with zero attached hydrogens (tertiary/aromatic N) is 2. The van der Waals surface area contributed by atoms with Crippen LogP contribution in [0.1, 0.15) is 50.4 Å². The lowest BCUT2D eigenvalue weighted by atomic mass is 9.93. The van der Waals surface area contributed by atoms with Gasteiger partial charge in [-0.1, -0.05) is 6.92 Å². The van der Waals surface area contributed by atoms with Crippen LogP contribution in [0.5, 0.6) is 0 Å². The maximum atomic E-state index is 11.8. The Balaban J connectivity index is 2.01. The molecule has 18 heavy (non-hydrogen) atoms. The molecule has 0 saturated carbocycles. The summed E-state index contributed by atoms with van der Waals surface area (Å²) in [6.45, 7) is 4.07. The highest BCUT2D eigenvalue weighted by molar-refractivity contribution is 5.74. The Morgan fingerprint density at radius 3 is 3.17 bits per heavy atom. The minimum atomic E-state index is -0.0777. The Labute approximate surface area is 108 Å². The maximum Gasteiger partial charge on any atom is 0.315 e. The second-order valence-corrected chi connectivity index (χ2v) is 5.04. The van der Waals surface area contributed by atoms with Gasteiger partial charge in [-0.05, 0) is 32.6 Å². The lowest BCUT2D eigenvalue weighted by Gasteiger charge is -2.24. The third kappa shape index (κ3) is 2.66. The van der Waals surface area contributed by atoms with Crippen LogP contribution in [-0.4, -0.2) is 21.9 Å². The molecule has 2 amide bonds. The van der Waals surface area contributed by atoms with Crippen molar-refractivity contribution in [3.8, 4) is 0 Å². The van der Waals surface area contributed by atoms with Gasteiger partial charge in [0.15, 0.2) is 0 Å². The van der Waals surface area contributed by atoms with Crippen molar-refractivity contribution in [3.05, 3.63) is 17.5 Å². The average Bonchev–Trinajstić information content (AvgIpc) is 2.72. The van der Waals surface area contributed by atoms with Crippen LogP contribution in [0.15, 0.2) is 6.20 Å². The molecule has 1 aliphatic rings. The minimum absolute atomic E-state index is 0.0777. The number of amides is 2. The summed E-state index contributed by atoms with van der Waals surface area (Å²) in [6.07, 6.45) is 5.96. The van der Waals surface area contributed by atoms with Crippen LogP contribution in [0.4, 0.5) is 4.79 Å². The summed E-state index contributed by atoms with van der Waals surface area (Å²) in [7, 11) is 1.96. The Morgan fingerprint density at radius 1 is 1.67 bits per heavy atom. The van der Waals surface area contributed by atoms with Gasteiger partial charge in [-0.3, -0.25) is 4.68 Å². The summed E-state index contributed by atoms with van der Waals surface area (Å²) in [4.78, 5) is 11.8. The molecular weight excluding hydrogens is 228 g/mol. The van der Waals surface area contributed by atoms with E-state index in [1.165, 1.54) is 11.3 Å². The summed E-state index contributed by atoms with van der Waals surface area (Å²) < 4.78 is 1.91. The lowest BCUT2D eigenvalue weighted by molar-refractivity contribution is 0.232. The molecule has 5 nitrogen and oxygen atoms in total. The zero-order valence-corrected chi connectivity index (χ0v) is 11.4. The Kier molecular flexibility index (Phi) is 3.89. The fourth-order valence-electron chi connectivity index (χ4n) is 2.38. The molecule has 2 rings (SSSR count). The number of nitrogens with one attached hydrogen (secondary N) is 2. The molecule has 0 saturated heterocycles. The smallest absolute Gasteiger partial charge is 0.315 e. The van der Waals surface area contributed by atoms with Crippen molar-refractivity contribution in [3.63, 3.8) is 0 Å². The molecule has 1 aromatic heterocycles. The summed E-state index contributed by atoms with van der Waals surface area (Å²) in [5.74, 6) is 0. The van der Waals surface area contributed by atoms with E-state index in [4.69, 9.17) is 0 Å². The molecule has 0 radical (unpaired) electrons. The molecule has 0 bridgehead atoms. The number of aromatic nitrogens is 2. The van der Waals surface area contributed by atoms with Gasteiger partial charge in [0, 0.05) is 24.3 Å². The van der Waals surface area contributed by atoms with Gasteiger partial charge in [0.25, 0.3) is 0 Å². The summed E-state index contributed by atoms with van der Waals surface area (Å²) in [5, 5.41) is 10.3. The summed E-state index contributed by atoms with van der Waals surface area (Å²) in [5.41, 5.74) is 2.41. The van der Waals surface area contributed by atoms with Crippen molar-refractivity contribution < 1.29 is 4.79 Å². The van der Waals surface area contributed by atoms with E-state index in [0.717, 1.165) is 25.7 Å². The van der Waals surface area contributed by atoms with E-state index in [0.29, 0.717) is 0 Å². The molecule has 2 unspecified atom stereocenters. The van der Waals surface area contributed by atoms with E-state index in [1.54, 1.807) is 0 Å². The van der Waals surface area contributed by atoms with Crippen LogP contribution in [0.3, 0.4) is 0 Å². The van der Waals surface area contributed by atoms with Crippen LogP contribution in [0, 0.1) is 0 Å². The Bertz CT molecular complexity index is 427. The first-order chi connectivity index (χ1) is 8.61. The average molecular weight is 250 g/mol. The maximum absolute atomic E-state index is 11.8. The van der Waals surface area contributed by atoms with Crippen LogP contribution in [0.25, 0.3) is 0 Å². The van der Waals surface area contributed by atoms with Crippen LogP contribution < -0.4 is 10.6 Å². The molecule has 0 spiro atoms. The van der Waals surface area contributed by atoms with E-state index in [-0.39, 0.29) is 18.1 Å². The summed E-state index contributed by atoms with van der Waals surface area (Å²) in [6, 6.07) is 0.236. The Hall–Kier alpha value is -1.52. The molecule has 0 fully saturated rings. The first-order valence-corrected chi connectivity index (χ1v) is 6.69. The van der Waals surface area contributed by atoms with Crippen LogP contribution in [0.2, 0.25) is 0 Å². The standard InChI is InChI=1S/C13H22N4O/c1-4-9(2)15-13(18)16-11-6-5-7-12-10(11)8-14-17(12)3/h8-9,11H,4-7H2,1-3H3,(H2,15,16,18). The lowest BCUT2D eigenvalue weighted by Crippen LogP contribution is -2.42. The number of aryl methyl sites for hydroxylation is 1. The number of rotatable bonds is 3. The zero-order valence-electron chi connectivity index (χ0n) is 11.4. The van der Waals surface area contributed by atoms with E-state index in [9.17, 15) is 4.79 Å². The fourth-order valence-corrected chi connectivity index (χ4v) is 2.38. The Morgan fingerprint density at radius 2 is 2.44 bits per heavy atom. The predicted molar refractivity (Wildman–Crippen MR) is 70.3 cm³/mol. The van der Waals surface area contributed by atoms with E-state index < -0.39 is 0 Å². The third-order valence-corrected chi connectivity index (χ3v) is 3.67. The topological polar surface area (TPSA) is 59.0 Å². The van der Waals surface area contributed by atoms with Gasteiger partial charge < -0.3 is 10.6 Å². The van der Waals surface area contributed by atoms with Crippen LogP contribution >= 0.6 is 0 Å². The van der Waals surface area contributed by atoms with Gasteiger partial charge in [-0.2, -0.15) is 5.10 Å². The number of carbonyl (C=O) groups excluding carboxylic acids is 1. The third-order valence-electron chi connectivity index (χ3n) is 3.67. The SMILES string of the molecule is CCC(C)NC(=O)NC1CCCc2c1cnn2C. The van der Waals surface area contributed by atoms with Gasteiger partial charge in [-0.15, -0.1) is 0 Å². The monoisotopic (exact) mass is 250 g/mol. The number of urea groups is 1. The molecule has 1 aromatic rings. The number of hydrogen-bond donors (Lipinski definition) is 2. The van der Waals surface area contributed by atoms with E-state index in [2.05, 4.69) is 22.7 Å². The first kappa shape index (κ1) is 12.9. The van der Waals surface area contributed by atoms with Crippen molar-refractivity contribution in [2.24, 2.45) is 7.05 Å². The highest BCUT2D eigenvalue weighted by Gasteiger charge is 2.24. The highest BCUT2D eigenvalue weighted by Crippen LogP contribution is 2.28. The van der Waals surface area contributed by atoms with Crippen molar-refractivity contribution >= 4 is 6.03 Å². The fraction of sp³-hybridized carbons (Fsp3) is 0.692. The van der Waals surface area contributed by atoms with E-state index in [1.807, 2.05) is 24.9 Å². The molecule has 2 atom stereocenters. The molecule has 5 heteroatoms. The van der Waals surface area contributed by atoms with Gasteiger partial charge in [-0.25, -0.2) is 4.79 Å². The predicted octanol–water partition coefficient (Wildman–Crippen LogP) is 1.90. The second-order valence-electron chi connectivity index (χ2n) is 5.04. The molecule has 1 heterocycles. The second kappa shape index (κ2) is 5.42. The number of fused-ring (bicyclic) bond motifs is 1. The molecular formula is C13H22N4O. The zero-order chi connectivity index (χ0) is 13.1. The number of carbonyl (C=O) groups is 1. The number of hydrogen-bond acceptors (Lipinski definition) is 2. The quantitative estimate of drug-likeness (QED) is 0.860. The molecule has 0 aliphatic heterocycles. The summed E-state index contributed by atoms with van der Waals surface area (Å²) >= 11 is 0. The van der Waals surface area contributed by atoms with Crippen molar-refractivity contribution in [2.45, 2.75) is 51.6 Å². The molecule has 1 aliphatic carbocycles. The normalized spacial score (nSPS) is 20.1. The van der Waals surface area contributed by atoms with Gasteiger partial charge in [0.1, 0.15) is 0 Å². The molecule has 0 aromatic carbocycles. The van der Waals surface area contributed by atoms with E-state index >= 15 is 0 Å². The van der Waals surface area contributed by atoms with Gasteiger partial charge >= 0.3 is 6.03 Å². The molecule has 100 valence electrons. The minimum Gasteiger partial charge on any atom is -0.336 e. The highest BCUT2D eigenvalue weighted by atomic mass is 16.2.